The summed E-state index contributed by atoms with van der Waals surface area (Å²) in [5, 5.41) is 19.4. The van der Waals surface area contributed by atoms with Crippen molar-refractivity contribution in [2.24, 2.45) is 5.92 Å². The van der Waals surface area contributed by atoms with Crippen LogP contribution >= 0.6 is 0 Å². The minimum absolute atomic E-state index is 0.0354. The Hall–Kier alpha value is -2.24. The number of nitrogens with zero attached hydrogens (tertiary/aromatic N) is 1. The van der Waals surface area contributed by atoms with E-state index in [0.29, 0.717) is 5.56 Å². The highest BCUT2D eigenvalue weighted by atomic mass is 16.6. The van der Waals surface area contributed by atoms with E-state index < -0.39 is 22.6 Å². The summed E-state index contributed by atoms with van der Waals surface area (Å²) in [5.41, 5.74) is 0.344. The van der Waals surface area contributed by atoms with Crippen molar-refractivity contribution in [3.8, 4) is 0 Å². The van der Waals surface area contributed by atoms with Crippen molar-refractivity contribution < 1.29 is 19.6 Å². The highest BCUT2D eigenvalue weighted by Crippen LogP contribution is 2.17. The third-order valence-electron chi connectivity index (χ3n) is 2.35. The molecule has 90 valence electrons. The number of carboxylic acid groups (broad SMARTS) is 1. The lowest BCUT2D eigenvalue weighted by Gasteiger charge is -2.08. The first kappa shape index (κ1) is 12.8. The summed E-state index contributed by atoms with van der Waals surface area (Å²) in [5.74, 6) is -2.84. The fourth-order valence-electron chi connectivity index (χ4n) is 1.44. The number of carbonyl (C=O) groups is 2. The molecule has 0 amide bonds. The van der Waals surface area contributed by atoms with Gasteiger partial charge in [0.15, 0.2) is 0 Å². The number of rotatable bonds is 5. The molecule has 0 heterocycles. The number of nitro groups is 1. The second-order valence-corrected chi connectivity index (χ2v) is 3.63. The molecule has 0 radical (unpaired) electrons. The molecule has 0 aliphatic heterocycles. The van der Waals surface area contributed by atoms with Gasteiger partial charge >= 0.3 is 5.97 Å². The Morgan fingerprint density at radius 2 is 2.12 bits per heavy atom. The largest absolute Gasteiger partial charge is 0.481 e. The van der Waals surface area contributed by atoms with Crippen LogP contribution in [0.15, 0.2) is 24.3 Å². The first-order chi connectivity index (χ1) is 7.91. The van der Waals surface area contributed by atoms with Gasteiger partial charge in [0.2, 0.25) is 0 Å². The maximum Gasteiger partial charge on any atom is 0.314 e. The second kappa shape index (κ2) is 5.20. The van der Waals surface area contributed by atoms with Gasteiger partial charge in [-0.15, -0.1) is 0 Å². The lowest BCUT2D eigenvalue weighted by atomic mass is 9.96. The fourth-order valence-corrected chi connectivity index (χ4v) is 1.44. The van der Waals surface area contributed by atoms with Gasteiger partial charge in [-0.1, -0.05) is 12.1 Å². The Morgan fingerprint density at radius 3 is 2.59 bits per heavy atom. The zero-order valence-corrected chi connectivity index (χ0v) is 9.12. The maximum absolute atomic E-state index is 11.1. The van der Waals surface area contributed by atoms with Crippen LogP contribution in [-0.4, -0.2) is 21.8 Å². The van der Waals surface area contributed by atoms with Gasteiger partial charge in [-0.05, 0) is 18.9 Å². The molecule has 1 rings (SSSR count). The summed E-state index contributed by atoms with van der Waals surface area (Å²) in [7, 11) is 0. The normalized spacial score (nSPS) is 11.8. The number of hydrogen-bond donors (Lipinski definition) is 1. The van der Waals surface area contributed by atoms with E-state index in [-0.39, 0.29) is 12.1 Å². The Kier molecular flexibility index (Phi) is 3.92. The lowest BCUT2D eigenvalue weighted by Crippen LogP contribution is -2.23. The lowest BCUT2D eigenvalue weighted by molar-refractivity contribution is -0.384. The Balaban J connectivity index is 2.94. The molecular formula is C11H11NO5. The van der Waals surface area contributed by atoms with Crippen LogP contribution < -0.4 is 0 Å². The van der Waals surface area contributed by atoms with Gasteiger partial charge in [0.25, 0.3) is 5.69 Å². The highest BCUT2D eigenvalue weighted by molar-refractivity contribution is 5.97. The molecule has 0 saturated carbocycles. The Bertz CT molecular complexity index is 455. The number of Topliss-reactive ketones (excluding diaryl/α,β-unsaturated/α-hetero) is 1. The predicted molar refractivity (Wildman–Crippen MR) is 58.6 cm³/mol. The summed E-state index contributed by atoms with van der Waals surface area (Å²) in [6, 6.07) is 5.62. The van der Waals surface area contributed by atoms with Crippen molar-refractivity contribution in [1.82, 2.24) is 0 Å². The molecule has 0 bridgehead atoms. The molecule has 0 aliphatic carbocycles. The molecule has 0 spiro atoms. The summed E-state index contributed by atoms with van der Waals surface area (Å²) < 4.78 is 0. The van der Waals surface area contributed by atoms with Crippen LogP contribution in [0.5, 0.6) is 0 Å². The molecule has 0 saturated heterocycles. The molecule has 6 heteroatoms. The average molecular weight is 237 g/mol. The van der Waals surface area contributed by atoms with Crippen molar-refractivity contribution in [3.63, 3.8) is 0 Å². The summed E-state index contributed by atoms with van der Waals surface area (Å²) in [4.78, 5) is 31.9. The van der Waals surface area contributed by atoms with Gasteiger partial charge in [-0.25, -0.2) is 0 Å². The Labute approximate surface area is 97.0 Å². The molecular weight excluding hydrogens is 226 g/mol. The minimum Gasteiger partial charge on any atom is -0.481 e. The molecule has 1 aromatic rings. The van der Waals surface area contributed by atoms with Crippen LogP contribution in [0.3, 0.4) is 0 Å². The van der Waals surface area contributed by atoms with Crippen molar-refractivity contribution in [2.75, 3.05) is 0 Å². The predicted octanol–water partition coefficient (Wildman–Crippen LogP) is 1.43. The number of non-ortho nitro benzene ring substituents is 1. The number of aliphatic carboxylic acids is 1. The zero-order chi connectivity index (χ0) is 13.0. The van der Waals surface area contributed by atoms with Gasteiger partial charge in [-0.3, -0.25) is 19.7 Å². The second-order valence-electron chi connectivity index (χ2n) is 3.63. The highest BCUT2D eigenvalue weighted by Gasteiger charge is 2.23. The van der Waals surface area contributed by atoms with Crippen LogP contribution in [0.1, 0.15) is 12.5 Å². The molecule has 0 aliphatic rings. The Morgan fingerprint density at radius 1 is 1.47 bits per heavy atom. The monoisotopic (exact) mass is 237 g/mol. The van der Waals surface area contributed by atoms with E-state index in [1.54, 1.807) is 6.07 Å². The van der Waals surface area contributed by atoms with Crippen molar-refractivity contribution >= 4 is 17.4 Å². The van der Waals surface area contributed by atoms with E-state index in [1.165, 1.54) is 25.1 Å². The summed E-state index contributed by atoms with van der Waals surface area (Å²) >= 11 is 0. The van der Waals surface area contributed by atoms with Crippen LogP contribution in [0, 0.1) is 16.0 Å². The standard InChI is InChI=1S/C11H11NO5/c1-7(13)10(11(14)15)6-8-3-2-4-9(5-8)12(16)17/h2-5,10H,6H2,1H3,(H,14,15). The van der Waals surface area contributed by atoms with Crippen molar-refractivity contribution in [2.45, 2.75) is 13.3 Å². The molecule has 0 aromatic heterocycles. The van der Waals surface area contributed by atoms with Gasteiger partial charge in [0.05, 0.1) is 4.92 Å². The van der Waals surface area contributed by atoms with Crippen LogP contribution in [-0.2, 0) is 16.0 Å². The van der Waals surface area contributed by atoms with E-state index in [4.69, 9.17) is 5.11 Å². The van der Waals surface area contributed by atoms with E-state index >= 15 is 0 Å². The van der Waals surface area contributed by atoms with Crippen molar-refractivity contribution in [3.05, 3.63) is 39.9 Å². The number of carbonyl (C=O) groups excluding carboxylic acids is 1. The summed E-state index contributed by atoms with van der Waals surface area (Å²) in [6.45, 7) is 1.19. The molecule has 1 atom stereocenters. The SMILES string of the molecule is CC(=O)C(Cc1cccc([N+](=O)[O-])c1)C(=O)O. The van der Waals surface area contributed by atoms with Gasteiger partial charge in [-0.2, -0.15) is 0 Å². The third kappa shape index (κ3) is 3.37. The van der Waals surface area contributed by atoms with Crippen LogP contribution in [0.2, 0.25) is 0 Å². The molecule has 1 N–H and O–H groups in total. The third-order valence-corrected chi connectivity index (χ3v) is 2.35. The van der Waals surface area contributed by atoms with Crippen molar-refractivity contribution in [1.29, 1.82) is 0 Å². The first-order valence-corrected chi connectivity index (χ1v) is 4.88. The smallest absolute Gasteiger partial charge is 0.314 e. The van der Waals surface area contributed by atoms with E-state index in [0.717, 1.165) is 0 Å². The van der Waals surface area contributed by atoms with E-state index in [2.05, 4.69) is 0 Å². The molecule has 6 nitrogen and oxygen atoms in total. The number of benzene rings is 1. The molecule has 1 unspecified atom stereocenters. The van der Waals surface area contributed by atoms with Gasteiger partial charge in [0, 0.05) is 12.1 Å². The van der Waals surface area contributed by atoms with Crippen LogP contribution in [0.4, 0.5) is 5.69 Å². The molecule has 1 aromatic carbocycles. The van der Waals surface area contributed by atoms with Gasteiger partial charge < -0.3 is 5.11 Å². The topological polar surface area (TPSA) is 97.5 Å². The van der Waals surface area contributed by atoms with E-state index in [1.807, 2.05) is 0 Å². The molecule has 17 heavy (non-hydrogen) atoms. The number of nitro benzene ring substituents is 1. The minimum atomic E-state index is -1.22. The number of hydrogen-bond acceptors (Lipinski definition) is 4. The molecule has 0 fully saturated rings. The average Bonchev–Trinajstić information content (AvgIpc) is 2.25. The number of ketones is 1. The first-order valence-electron chi connectivity index (χ1n) is 4.88. The summed E-state index contributed by atoms with van der Waals surface area (Å²) in [6.07, 6.45) is -0.0354. The number of carboxylic acids is 1. The van der Waals surface area contributed by atoms with E-state index in [9.17, 15) is 19.7 Å². The zero-order valence-electron chi connectivity index (χ0n) is 9.12. The van der Waals surface area contributed by atoms with Gasteiger partial charge in [0.1, 0.15) is 11.7 Å². The van der Waals surface area contributed by atoms with Crippen LogP contribution in [0.25, 0.3) is 0 Å². The quantitative estimate of drug-likeness (QED) is 0.474. The fraction of sp³-hybridized carbons (Fsp3) is 0.273. The maximum atomic E-state index is 11.1.